The van der Waals surface area contributed by atoms with Gasteiger partial charge in [-0.15, -0.1) is 0 Å². The normalized spacial score (nSPS) is 21.1. The van der Waals surface area contributed by atoms with Gasteiger partial charge in [0, 0.05) is 30.7 Å². The number of hydrogen-bond donors (Lipinski definition) is 11. The Balaban J connectivity index is 1.20. The van der Waals surface area contributed by atoms with Crippen LogP contribution in [0.3, 0.4) is 0 Å². The molecule has 1 saturated heterocycles. The van der Waals surface area contributed by atoms with Gasteiger partial charge in [-0.25, -0.2) is 28.6 Å². The van der Waals surface area contributed by atoms with Gasteiger partial charge in [0.05, 0.1) is 19.5 Å². The first-order chi connectivity index (χ1) is 27.9. The molecule has 12 N–H and O–H groups in total. The molecular weight excluding hydrogens is 887 g/mol. The summed E-state index contributed by atoms with van der Waals surface area (Å²) in [6, 6.07) is 4.02. The second-order valence-electron chi connectivity index (χ2n) is 13.3. The number of ether oxygens (including phenoxy) is 1. The van der Waals surface area contributed by atoms with Crippen molar-refractivity contribution >= 4 is 75.2 Å². The molecule has 26 nitrogen and oxygen atoms in total. The summed E-state index contributed by atoms with van der Waals surface area (Å²) < 4.78 is 62.1. The third-order valence-corrected chi connectivity index (χ3v) is 12.1. The van der Waals surface area contributed by atoms with Crippen molar-refractivity contribution in [2.24, 2.45) is 5.41 Å². The number of nitrogens with one attached hydrogen (secondary N) is 2. The molecule has 3 aromatic rings. The van der Waals surface area contributed by atoms with E-state index in [4.69, 9.17) is 19.5 Å². The van der Waals surface area contributed by atoms with Crippen molar-refractivity contribution in [3.05, 3.63) is 42.5 Å². The summed E-state index contributed by atoms with van der Waals surface area (Å²) in [6.07, 6.45) is -4.40. The number of nitrogens with zero attached hydrogens (tertiary/aromatic N) is 4. The highest BCUT2D eigenvalue weighted by Gasteiger charge is 2.50. The maximum Gasteiger partial charge on any atom is 0.481 e. The predicted octanol–water partition coefficient (Wildman–Crippen LogP) is -0.211. The number of imidazole rings is 1. The molecule has 30 heteroatoms. The molecule has 0 saturated carbocycles. The third-order valence-electron chi connectivity index (χ3n) is 8.16. The van der Waals surface area contributed by atoms with Crippen molar-refractivity contribution in [2.45, 2.75) is 50.9 Å². The summed E-state index contributed by atoms with van der Waals surface area (Å²) >= 11 is 0.898. The second-order valence-corrected chi connectivity index (χ2v) is 18.7. The van der Waals surface area contributed by atoms with Gasteiger partial charge in [0.15, 0.2) is 29.2 Å². The fourth-order valence-electron chi connectivity index (χ4n) is 5.14. The lowest BCUT2D eigenvalue weighted by molar-refractivity contribution is -0.137. The van der Waals surface area contributed by atoms with Gasteiger partial charge in [0.25, 0.3) is 0 Å². The first-order valence-corrected chi connectivity index (χ1v) is 22.6. The fourth-order valence-corrected chi connectivity index (χ4v) is 8.54. The van der Waals surface area contributed by atoms with Gasteiger partial charge in [-0.1, -0.05) is 37.8 Å². The number of aliphatic hydroxyl groups excluding tert-OH is 2. The maximum absolute atomic E-state index is 12.7. The van der Waals surface area contributed by atoms with E-state index in [2.05, 4.69) is 34.4 Å². The van der Waals surface area contributed by atoms with Gasteiger partial charge in [0.1, 0.15) is 36.3 Å². The molecule has 2 amide bonds. The number of phosphoric ester groups is 3. The van der Waals surface area contributed by atoms with Crippen molar-refractivity contribution in [1.29, 1.82) is 0 Å². The van der Waals surface area contributed by atoms with Crippen LogP contribution in [0.25, 0.3) is 17.2 Å². The molecule has 0 aliphatic carbocycles. The molecule has 0 bridgehead atoms. The average Bonchev–Trinajstić information content (AvgIpc) is 3.71. The van der Waals surface area contributed by atoms with Crippen molar-refractivity contribution in [2.75, 3.05) is 37.8 Å². The smallest absolute Gasteiger partial charge is 0.481 e. The monoisotopic (exact) mass is 929 g/mol. The molecule has 4 rings (SSSR count). The van der Waals surface area contributed by atoms with E-state index >= 15 is 0 Å². The van der Waals surface area contributed by atoms with Crippen molar-refractivity contribution in [3.8, 4) is 11.5 Å². The van der Waals surface area contributed by atoms with Crippen molar-refractivity contribution in [1.82, 2.24) is 30.2 Å². The van der Waals surface area contributed by atoms with Gasteiger partial charge in [-0.05, 0) is 23.8 Å². The predicted molar refractivity (Wildman–Crippen MR) is 206 cm³/mol. The number of hydrogen-bond acceptors (Lipinski definition) is 20. The van der Waals surface area contributed by atoms with Crippen LogP contribution in [0.15, 0.2) is 36.9 Å². The number of aromatic hydroxyl groups is 2. The number of nitrogens with two attached hydrogens (primary N) is 1. The summed E-state index contributed by atoms with van der Waals surface area (Å²) in [7, 11) is -16.5. The first kappa shape index (κ1) is 48.8. The number of carbonyl (C=O) groups is 3. The van der Waals surface area contributed by atoms with Gasteiger partial charge in [0.2, 0.25) is 16.9 Å². The van der Waals surface area contributed by atoms with Crippen LogP contribution in [0, 0.1) is 5.41 Å². The molecule has 1 fully saturated rings. The Bertz CT molecular complexity index is 2210. The van der Waals surface area contributed by atoms with Crippen molar-refractivity contribution in [3.63, 3.8) is 0 Å². The minimum absolute atomic E-state index is 0.0199. The van der Waals surface area contributed by atoms with Crippen LogP contribution in [0.5, 0.6) is 11.5 Å². The number of phenolic OH excluding ortho intramolecular Hbond substituents is 2. The Kier molecular flexibility index (Phi) is 16.5. The molecular formula is C30H42N7O19P3S. The van der Waals surface area contributed by atoms with E-state index in [1.165, 1.54) is 44.2 Å². The lowest BCUT2D eigenvalue weighted by Gasteiger charge is -2.30. The zero-order chi connectivity index (χ0) is 44.6. The van der Waals surface area contributed by atoms with Crippen LogP contribution in [0.1, 0.15) is 32.1 Å². The number of benzene rings is 1. The number of rotatable bonds is 21. The van der Waals surface area contributed by atoms with E-state index in [9.17, 15) is 68.1 Å². The Hall–Kier alpha value is -3.88. The molecule has 60 heavy (non-hydrogen) atoms. The van der Waals surface area contributed by atoms with Gasteiger partial charge in [-0.3, -0.25) is 32.5 Å². The number of phosphoric acid groups is 3. The largest absolute Gasteiger partial charge is 0.504 e. The summed E-state index contributed by atoms with van der Waals surface area (Å²) in [4.78, 5) is 87.7. The Morgan fingerprint density at radius 2 is 1.73 bits per heavy atom. The number of aliphatic hydroxyl groups is 2. The molecule has 7 atom stereocenters. The zero-order valence-corrected chi connectivity index (χ0v) is 34.9. The van der Waals surface area contributed by atoms with Gasteiger partial charge in [-0.2, -0.15) is 4.31 Å². The molecule has 2 aromatic heterocycles. The number of thioether (sulfide) groups is 1. The number of aromatic nitrogens is 4. The summed E-state index contributed by atoms with van der Waals surface area (Å²) in [5.41, 5.74) is 4.68. The number of carbonyl (C=O) groups excluding carboxylic acids is 3. The van der Waals surface area contributed by atoms with Crippen LogP contribution >= 0.6 is 35.2 Å². The summed E-state index contributed by atoms with van der Waals surface area (Å²) in [5, 5.41) is 44.8. The first-order valence-electron chi connectivity index (χ1n) is 17.1. The Labute approximate surface area is 343 Å². The van der Waals surface area contributed by atoms with E-state index in [0.717, 1.165) is 29.0 Å². The molecule has 1 aromatic carbocycles. The lowest BCUT2D eigenvalue weighted by Crippen LogP contribution is -2.46. The van der Waals surface area contributed by atoms with Crippen LogP contribution in [0.2, 0.25) is 0 Å². The highest BCUT2D eigenvalue weighted by Crippen LogP contribution is 2.61. The Morgan fingerprint density at radius 3 is 2.42 bits per heavy atom. The van der Waals surface area contributed by atoms with Crippen LogP contribution in [0.4, 0.5) is 5.82 Å². The summed E-state index contributed by atoms with van der Waals surface area (Å²) in [5.74, 6) is -2.01. The number of fused-ring (bicyclic) bond motifs is 1. The highest BCUT2D eigenvalue weighted by atomic mass is 32.2. The fraction of sp³-hybridized carbons (Fsp3) is 0.467. The minimum atomic E-state index is -5.59. The average molecular weight is 930 g/mol. The quantitative estimate of drug-likeness (QED) is 0.0285. The standard InChI is InChI=1S/C30H42N7O19P3S/c1-30(2,25(43)28(44)33-8-7-20(40)32-9-10-60-21(41)6-4-16-3-5-17(38)18(39)11-16)13-53-59(50,51)56-58(48,49)52-12-19-24(55-57(45,46)47)23(42)29(54-19)37-15-36-22-26(31)34-14-35-27(22)37/h3-6,11,14-15,19,23-25,29,38-39,42-43H,7-10,12-13H2,1-2H3,(H,32,40)(H,33,44)(H,48,49)(H,50,51)(H2,31,34,35)(H2,45,46,47)/b6-4+/t19-,23-,24-,25+,29-/m1/s1. The Morgan fingerprint density at radius 1 is 1.03 bits per heavy atom. The molecule has 0 spiro atoms. The van der Waals surface area contributed by atoms with Crippen LogP contribution in [-0.2, 0) is 50.7 Å². The zero-order valence-electron chi connectivity index (χ0n) is 31.4. The molecule has 3 heterocycles. The number of nitrogen functional groups attached to an aromatic ring is 1. The SMILES string of the molecule is CC(C)(COP(=O)(O)OP(=O)(O)OC[C@H]1O[C@@H](n2cnc3c(N)ncnc32)[C@H](O)[C@@H]1OP(=O)(O)O)[C@@H](O)C(=O)NCCC(=O)NCCSC(=O)/C=C/c1ccc(O)c(O)c1. The van der Waals surface area contributed by atoms with Gasteiger partial charge < -0.3 is 61.1 Å². The van der Waals surface area contributed by atoms with Crippen LogP contribution < -0.4 is 16.4 Å². The summed E-state index contributed by atoms with van der Waals surface area (Å²) in [6.45, 7) is 0.245. The topological polar surface area (TPSA) is 404 Å². The number of amides is 2. The molecule has 1 aliphatic rings. The maximum atomic E-state index is 12.7. The molecule has 0 radical (unpaired) electrons. The lowest BCUT2D eigenvalue weighted by atomic mass is 9.87. The molecule has 1 aliphatic heterocycles. The van der Waals surface area contributed by atoms with E-state index in [0.29, 0.717) is 5.56 Å². The molecule has 332 valence electrons. The van der Waals surface area contributed by atoms with E-state index in [1.807, 2.05) is 0 Å². The second kappa shape index (κ2) is 20.3. The van der Waals surface area contributed by atoms with Crippen LogP contribution in [-0.4, -0.2) is 133 Å². The minimum Gasteiger partial charge on any atom is -0.504 e. The molecule has 2 unspecified atom stereocenters. The number of anilines is 1. The van der Waals surface area contributed by atoms with E-state index < -0.39 is 84.6 Å². The van der Waals surface area contributed by atoms with Gasteiger partial charge >= 0.3 is 23.5 Å². The van der Waals surface area contributed by atoms with Crippen molar-refractivity contribution < 1.29 is 90.7 Å². The number of phenols is 2. The van der Waals surface area contributed by atoms with E-state index in [-0.39, 0.29) is 58.9 Å². The third kappa shape index (κ3) is 14.1. The van der Waals surface area contributed by atoms with E-state index in [1.54, 1.807) is 0 Å². The highest BCUT2D eigenvalue weighted by molar-refractivity contribution is 8.14.